The highest BCUT2D eigenvalue weighted by Crippen LogP contribution is 2.32. The van der Waals surface area contributed by atoms with Gasteiger partial charge >= 0.3 is 0 Å². The Labute approximate surface area is 136 Å². The molecule has 0 bridgehead atoms. The first-order valence-corrected chi connectivity index (χ1v) is 8.93. The van der Waals surface area contributed by atoms with Gasteiger partial charge < -0.3 is 11.1 Å². The van der Waals surface area contributed by atoms with Gasteiger partial charge in [-0.25, -0.2) is 0 Å². The van der Waals surface area contributed by atoms with E-state index in [0.29, 0.717) is 22.8 Å². The second-order valence-corrected chi connectivity index (χ2v) is 7.64. The smallest absolute Gasteiger partial charge is 0.225 e. The molecule has 2 unspecified atom stereocenters. The van der Waals surface area contributed by atoms with Gasteiger partial charge in [0.1, 0.15) is 0 Å². The minimum atomic E-state index is 0.0142. The molecule has 2 atom stereocenters. The molecule has 0 aliphatic heterocycles. The van der Waals surface area contributed by atoms with E-state index >= 15 is 0 Å². The zero-order chi connectivity index (χ0) is 15.2. The van der Waals surface area contributed by atoms with E-state index in [-0.39, 0.29) is 5.91 Å². The predicted molar refractivity (Wildman–Crippen MR) is 93.0 cm³/mol. The van der Waals surface area contributed by atoms with E-state index in [1.165, 1.54) is 25.7 Å². The first kappa shape index (κ1) is 16.5. The van der Waals surface area contributed by atoms with E-state index in [0.717, 1.165) is 16.9 Å². The van der Waals surface area contributed by atoms with Crippen LogP contribution in [-0.2, 0) is 4.79 Å². The molecule has 1 amide bonds. The number of benzene rings is 1. The standard InChI is InChI=1S/C16H23ClN2OS/c1-11-3-2-4-13(9-11)21-8-7-16(20)19-15-6-5-12(17)10-14(15)18/h5-6,10-11,13H,2-4,7-9,18H2,1H3,(H,19,20). The van der Waals surface area contributed by atoms with Crippen molar-refractivity contribution in [2.45, 2.75) is 44.3 Å². The average Bonchev–Trinajstić information content (AvgIpc) is 2.42. The van der Waals surface area contributed by atoms with Crippen molar-refractivity contribution in [1.29, 1.82) is 0 Å². The van der Waals surface area contributed by atoms with Gasteiger partial charge in [-0.2, -0.15) is 11.8 Å². The number of hydrogen-bond acceptors (Lipinski definition) is 3. The van der Waals surface area contributed by atoms with Gasteiger partial charge in [0.25, 0.3) is 0 Å². The lowest BCUT2D eigenvalue weighted by molar-refractivity contribution is -0.115. The Hall–Kier alpha value is -0.870. The van der Waals surface area contributed by atoms with Crippen LogP contribution < -0.4 is 11.1 Å². The SMILES string of the molecule is CC1CCCC(SCCC(=O)Nc2ccc(Cl)cc2N)C1. The van der Waals surface area contributed by atoms with Gasteiger partial charge in [0, 0.05) is 22.4 Å². The topological polar surface area (TPSA) is 55.1 Å². The zero-order valence-electron chi connectivity index (χ0n) is 12.4. The quantitative estimate of drug-likeness (QED) is 0.780. The molecule has 0 heterocycles. The van der Waals surface area contributed by atoms with Crippen LogP contribution in [0.4, 0.5) is 11.4 Å². The Morgan fingerprint density at radius 2 is 2.29 bits per heavy atom. The summed E-state index contributed by atoms with van der Waals surface area (Å²) in [7, 11) is 0. The Morgan fingerprint density at radius 1 is 1.48 bits per heavy atom. The number of nitrogens with two attached hydrogens (primary N) is 1. The highest BCUT2D eigenvalue weighted by atomic mass is 35.5. The summed E-state index contributed by atoms with van der Waals surface area (Å²) in [6, 6.07) is 5.12. The highest BCUT2D eigenvalue weighted by Gasteiger charge is 2.19. The third-order valence-electron chi connectivity index (χ3n) is 3.86. The first-order chi connectivity index (χ1) is 10.0. The van der Waals surface area contributed by atoms with Gasteiger partial charge in [0.05, 0.1) is 11.4 Å². The van der Waals surface area contributed by atoms with E-state index in [2.05, 4.69) is 12.2 Å². The third kappa shape index (κ3) is 5.44. The molecule has 0 saturated heterocycles. The van der Waals surface area contributed by atoms with Gasteiger partial charge in [-0.15, -0.1) is 0 Å². The second-order valence-electron chi connectivity index (χ2n) is 5.79. The van der Waals surface area contributed by atoms with E-state index in [1.807, 2.05) is 11.8 Å². The number of halogens is 1. The van der Waals surface area contributed by atoms with E-state index in [1.54, 1.807) is 18.2 Å². The monoisotopic (exact) mass is 326 g/mol. The summed E-state index contributed by atoms with van der Waals surface area (Å²) in [6.07, 6.45) is 5.79. The maximum atomic E-state index is 11.9. The van der Waals surface area contributed by atoms with Crippen LogP contribution in [0, 0.1) is 5.92 Å². The summed E-state index contributed by atoms with van der Waals surface area (Å²) in [6.45, 7) is 2.32. The molecule has 0 aromatic heterocycles. The summed E-state index contributed by atoms with van der Waals surface area (Å²) in [5.74, 6) is 1.72. The fraction of sp³-hybridized carbons (Fsp3) is 0.562. The predicted octanol–water partition coefficient (Wildman–Crippen LogP) is 4.56. The Morgan fingerprint density at radius 3 is 3.00 bits per heavy atom. The van der Waals surface area contributed by atoms with Gasteiger partial charge in [-0.3, -0.25) is 4.79 Å². The molecule has 21 heavy (non-hydrogen) atoms. The second kappa shape index (κ2) is 7.95. The minimum absolute atomic E-state index is 0.0142. The molecule has 1 aliphatic carbocycles. The summed E-state index contributed by atoms with van der Waals surface area (Å²) in [5, 5.41) is 4.15. The average molecular weight is 327 g/mol. The number of amides is 1. The van der Waals surface area contributed by atoms with Crippen molar-refractivity contribution in [3.05, 3.63) is 23.2 Å². The van der Waals surface area contributed by atoms with Crippen molar-refractivity contribution < 1.29 is 4.79 Å². The molecule has 1 saturated carbocycles. The minimum Gasteiger partial charge on any atom is -0.397 e. The molecule has 0 spiro atoms. The molecular weight excluding hydrogens is 304 g/mol. The van der Waals surface area contributed by atoms with Crippen molar-refractivity contribution in [2.24, 2.45) is 5.92 Å². The van der Waals surface area contributed by atoms with Crippen LogP contribution in [0.2, 0.25) is 5.02 Å². The van der Waals surface area contributed by atoms with Crippen LogP contribution in [0.5, 0.6) is 0 Å². The summed E-state index contributed by atoms with van der Waals surface area (Å²) >= 11 is 7.77. The molecule has 2 rings (SSSR count). The molecular formula is C16H23ClN2OS. The van der Waals surface area contributed by atoms with E-state index < -0.39 is 0 Å². The van der Waals surface area contributed by atoms with E-state index in [9.17, 15) is 4.79 Å². The van der Waals surface area contributed by atoms with Gasteiger partial charge in [0.2, 0.25) is 5.91 Å². The third-order valence-corrected chi connectivity index (χ3v) is 5.43. The Balaban J connectivity index is 1.72. The summed E-state index contributed by atoms with van der Waals surface area (Å²) in [4.78, 5) is 11.9. The number of hydrogen-bond donors (Lipinski definition) is 2. The van der Waals surface area contributed by atoms with Gasteiger partial charge in [0.15, 0.2) is 0 Å². The van der Waals surface area contributed by atoms with Crippen LogP contribution >= 0.6 is 23.4 Å². The van der Waals surface area contributed by atoms with Crippen molar-refractivity contribution in [2.75, 3.05) is 16.8 Å². The molecule has 0 radical (unpaired) electrons. The largest absolute Gasteiger partial charge is 0.397 e. The number of nitrogen functional groups attached to an aromatic ring is 1. The molecule has 116 valence electrons. The molecule has 1 fully saturated rings. The normalized spacial score (nSPS) is 22.0. The van der Waals surface area contributed by atoms with Crippen molar-refractivity contribution in [3.8, 4) is 0 Å². The van der Waals surface area contributed by atoms with Crippen molar-refractivity contribution in [3.63, 3.8) is 0 Å². The Bertz CT molecular complexity index is 495. The van der Waals surface area contributed by atoms with Gasteiger partial charge in [-0.05, 0) is 37.0 Å². The number of rotatable bonds is 5. The van der Waals surface area contributed by atoms with Crippen LogP contribution in [0.25, 0.3) is 0 Å². The first-order valence-electron chi connectivity index (χ1n) is 7.51. The summed E-state index contributed by atoms with van der Waals surface area (Å²) in [5.41, 5.74) is 6.97. The van der Waals surface area contributed by atoms with Crippen molar-refractivity contribution >= 4 is 40.6 Å². The molecule has 1 aromatic carbocycles. The number of carbonyl (C=O) groups is 1. The highest BCUT2D eigenvalue weighted by molar-refractivity contribution is 7.99. The molecule has 1 aliphatic rings. The van der Waals surface area contributed by atoms with Crippen molar-refractivity contribution in [1.82, 2.24) is 0 Å². The maximum Gasteiger partial charge on any atom is 0.225 e. The summed E-state index contributed by atoms with van der Waals surface area (Å²) < 4.78 is 0. The van der Waals surface area contributed by atoms with Crippen LogP contribution in [0.1, 0.15) is 39.0 Å². The molecule has 1 aromatic rings. The molecule has 5 heteroatoms. The molecule has 3 nitrogen and oxygen atoms in total. The van der Waals surface area contributed by atoms with Crippen LogP contribution in [0.3, 0.4) is 0 Å². The fourth-order valence-electron chi connectivity index (χ4n) is 2.71. The van der Waals surface area contributed by atoms with Gasteiger partial charge in [-0.1, -0.05) is 31.4 Å². The Kier molecular flexibility index (Phi) is 6.24. The number of anilines is 2. The van der Waals surface area contributed by atoms with E-state index in [4.69, 9.17) is 17.3 Å². The van der Waals surface area contributed by atoms with Crippen LogP contribution in [-0.4, -0.2) is 16.9 Å². The fourth-order valence-corrected chi connectivity index (χ4v) is 4.32. The lowest BCUT2D eigenvalue weighted by atomic mass is 9.91. The number of thioether (sulfide) groups is 1. The van der Waals surface area contributed by atoms with Crippen LogP contribution in [0.15, 0.2) is 18.2 Å². The molecule has 3 N–H and O–H groups in total. The zero-order valence-corrected chi connectivity index (χ0v) is 14.0. The number of nitrogens with one attached hydrogen (secondary N) is 1. The lowest BCUT2D eigenvalue weighted by Gasteiger charge is -2.26. The number of carbonyl (C=O) groups excluding carboxylic acids is 1. The lowest BCUT2D eigenvalue weighted by Crippen LogP contribution is -2.17. The maximum absolute atomic E-state index is 11.9.